The Hall–Kier alpha value is -2.79. The smallest absolute Gasteiger partial charge is 0.376 e. The fourth-order valence-electron chi connectivity index (χ4n) is 3.62. The molecule has 2 aliphatic heterocycles. The van der Waals surface area contributed by atoms with Crippen molar-refractivity contribution in [2.24, 2.45) is 0 Å². The first-order valence-corrected chi connectivity index (χ1v) is 8.22. The standard InChI is InChI=1S/C19H16NO3.CH4O/c1-21-19-14-5-3-2-4-12(14)8-16-15-10-18-17(22-11-23-18)9-13(15)6-7-20(16)19;1-2/h2-5,8-10H,6-7,11H2,1H3;2H,1H3/q+1;. The second kappa shape index (κ2) is 6.26. The maximum Gasteiger partial charge on any atom is 0.376 e. The first-order valence-electron chi connectivity index (χ1n) is 8.22. The van der Waals surface area contributed by atoms with Crippen LogP contribution in [0.15, 0.2) is 42.5 Å². The zero-order valence-corrected chi connectivity index (χ0v) is 14.3. The molecule has 0 amide bonds. The summed E-state index contributed by atoms with van der Waals surface area (Å²) in [4.78, 5) is 0. The summed E-state index contributed by atoms with van der Waals surface area (Å²) in [5.41, 5.74) is 3.66. The number of aliphatic hydroxyl groups is 1. The normalized spacial score (nSPS) is 13.6. The van der Waals surface area contributed by atoms with E-state index in [1.54, 1.807) is 7.11 Å². The number of fused-ring (bicyclic) bond motifs is 5. The van der Waals surface area contributed by atoms with Gasteiger partial charge in [0, 0.05) is 19.6 Å². The van der Waals surface area contributed by atoms with Gasteiger partial charge in [-0.15, -0.1) is 0 Å². The van der Waals surface area contributed by atoms with Crippen molar-refractivity contribution in [3.05, 3.63) is 48.0 Å². The number of methoxy groups -OCH3 is 1. The third kappa shape index (κ3) is 2.39. The van der Waals surface area contributed by atoms with Crippen LogP contribution in [0.5, 0.6) is 17.4 Å². The minimum atomic E-state index is 0.305. The fraction of sp³-hybridized carbons (Fsp3) is 0.250. The Bertz CT molecular complexity index is 952. The van der Waals surface area contributed by atoms with Crippen molar-refractivity contribution in [1.29, 1.82) is 0 Å². The molecule has 5 rings (SSSR count). The molecule has 0 saturated carbocycles. The predicted octanol–water partition coefficient (Wildman–Crippen LogP) is 2.70. The van der Waals surface area contributed by atoms with E-state index in [0.29, 0.717) is 6.79 Å². The van der Waals surface area contributed by atoms with Gasteiger partial charge in [-0.2, -0.15) is 4.57 Å². The molecular formula is C20H20NO4+. The lowest BCUT2D eigenvalue weighted by atomic mass is 9.95. The van der Waals surface area contributed by atoms with Crippen LogP contribution in [0.4, 0.5) is 0 Å². The Morgan fingerprint density at radius 3 is 2.60 bits per heavy atom. The first-order chi connectivity index (χ1) is 12.3. The number of aryl methyl sites for hydroxylation is 1. The van der Waals surface area contributed by atoms with Gasteiger partial charge in [0.2, 0.25) is 12.5 Å². The molecule has 0 bridgehead atoms. The van der Waals surface area contributed by atoms with Crippen molar-refractivity contribution >= 4 is 10.8 Å². The number of ether oxygens (including phenoxy) is 3. The van der Waals surface area contributed by atoms with Gasteiger partial charge in [-0.1, -0.05) is 18.2 Å². The Morgan fingerprint density at radius 2 is 1.80 bits per heavy atom. The number of benzene rings is 2. The minimum Gasteiger partial charge on any atom is -0.454 e. The SMILES string of the molecule is CO.COc1c2ccccc2cc2[n+]1CCc1cc3c(cc1-2)OCO3. The second-order valence-corrected chi connectivity index (χ2v) is 5.89. The molecule has 1 N–H and O–H groups in total. The molecule has 0 spiro atoms. The molecule has 0 fully saturated rings. The molecule has 0 aliphatic carbocycles. The molecule has 0 unspecified atom stereocenters. The van der Waals surface area contributed by atoms with Crippen LogP contribution >= 0.6 is 0 Å². The monoisotopic (exact) mass is 338 g/mol. The summed E-state index contributed by atoms with van der Waals surface area (Å²) in [6.45, 7) is 1.20. The fourth-order valence-corrected chi connectivity index (χ4v) is 3.62. The molecule has 25 heavy (non-hydrogen) atoms. The van der Waals surface area contributed by atoms with Gasteiger partial charge in [-0.25, -0.2) is 0 Å². The summed E-state index contributed by atoms with van der Waals surface area (Å²) >= 11 is 0. The molecule has 3 heterocycles. The number of nitrogens with zero attached hydrogens (tertiary/aromatic N) is 1. The Kier molecular flexibility index (Phi) is 3.93. The summed E-state index contributed by atoms with van der Waals surface area (Å²) in [6, 6.07) is 14.8. The topological polar surface area (TPSA) is 51.8 Å². The van der Waals surface area contributed by atoms with Gasteiger partial charge in [0.05, 0.1) is 18.1 Å². The zero-order valence-electron chi connectivity index (χ0n) is 14.3. The van der Waals surface area contributed by atoms with Crippen LogP contribution in [0.25, 0.3) is 22.0 Å². The first kappa shape index (κ1) is 15.7. The number of rotatable bonds is 1. The van der Waals surface area contributed by atoms with Crippen molar-refractivity contribution in [2.75, 3.05) is 21.0 Å². The minimum absolute atomic E-state index is 0.305. The molecule has 2 aliphatic rings. The Labute approximate surface area is 146 Å². The van der Waals surface area contributed by atoms with E-state index in [2.05, 4.69) is 41.0 Å². The van der Waals surface area contributed by atoms with Crippen molar-refractivity contribution in [3.8, 4) is 28.6 Å². The van der Waals surface area contributed by atoms with E-state index in [-0.39, 0.29) is 0 Å². The number of pyridine rings is 1. The number of hydrogen-bond donors (Lipinski definition) is 1. The lowest BCUT2D eigenvalue weighted by Gasteiger charge is -2.18. The van der Waals surface area contributed by atoms with Crippen molar-refractivity contribution in [1.82, 2.24) is 0 Å². The molecule has 128 valence electrons. The van der Waals surface area contributed by atoms with E-state index in [1.807, 2.05) is 6.07 Å². The summed E-state index contributed by atoms with van der Waals surface area (Å²) < 4.78 is 19.1. The number of aliphatic hydroxyl groups excluding tert-OH is 1. The quantitative estimate of drug-likeness (QED) is 0.693. The summed E-state index contributed by atoms with van der Waals surface area (Å²) in [6.07, 6.45) is 0.957. The van der Waals surface area contributed by atoms with E-state index in [0.717, 1.165) is 42.8 Å². The molecule has 0 atom stereocenters. The van der Waals surface area contributed by atoms with Crippen molar-refractivity contribution < 1.29 is 23.9 Å². The molecule has 5 heteroatoms. The van der Waals surface area contributed by atoms with Gasteiger partial charge in [0.1, 0.15) is 0 Å². The van der Waals surface area contributed by atoms with Crippen LogP contribution in [-0.2, 0) is 13.0 Å². The average Bonchev–Trinajstić information content (AvgIpc) is 3.13. The van der Waals surface area contributed by atoms with E-state index < -0.39 is 0 Å². The molecular weight excluding hydrogens is 318 g/mol. The van der Waals surface area contributed by atoms with Crippen LogP contribution in [0.3, 0.4) is 0 Å². The molecule has 0 radical (unpaired) electrons. The lowest BCUT2D eigenvalue weighted by molar-refractivity contribution is -0.691. The summed E-state index contributed by atoms with van der Waals surface area (Å²) in [5.74, 6) is 2.59. The largest absolute Gasteiger partial charge is 0.454 e. The van der Waals surface area contributed by atoms with E-state index in [4.69, 9.17) is 19.3 Å². The summed E-state index contributed by atoms with van der Waals surface area (Å²) in [7, 11) is 2.74. The van der Waals surface area contributed by atoms with E-state index in [9.17, 15) is 0 Å². The average molecular weight is 338 g/mol. The molecule has 5 nitrogen and oxygen atoms in total. The van der Waals surface area contributed by atoms with Gasteiger partial charge < -0.3 is 19.3 Å². The van der Waals surface area contributed by atoms with Gasteiger partial charge in [0.15, 0.2) is 18.0 Å². The highest BCUT2D eigenvalue weighted by Crippen LogP contribution is 2.40. The van der Waals surface area contributed by atoms with Crippen LogP contribution in [-0.4, -0.2) is 26.1 Å². The second-order valence-electron chi connectivity index (χ2n) is 5.89. The highest BCUT2D eigenvalue weighted by Gasteiger charge is 2.31. The maximum absolute atomic E-state index is 7.00. The Morgan fingerprint density at radius 1 is 1.04 bits per heavy atom. The van der Waals surface area contributed by atoms with Crippen molar-refractivity contribution in [3.63, 3.8) is 0 Å². The Balaban J connectivity index is 0.000000758. The number of aromatic nitrogens is 1. The molecule has 1 aromatic heterocycles. The van der Waals surface area contributed by atoms with Gasteiger partial charge in [-0.05, 0) is 29.1 Å². The summed E-state index contributed by atoms with van der Waals surface area (Å²) in [5, 5.41) is 9.32. The highest BCUT2D eigenvalue weighted by atomic mass is 16.7. The van der Waals surface area contributed by atoms with Gasteiger partial charge in [0.25, 0.3) is 0 Å². The third-order valence-electron chi connectivity index (χ3n) is 4.69. The van der Waals surface area contributed by atoms with Crippen LogP contribution in [0, 0.1) is 0 Å². The van der Waals surface area contributed by atoms with E-state index >= 15 is 0 Å². The predicted molar refractivity (Wildman–Crippen MR) is 94.1 cm³/mol. The maximum atomic E-state index is 7.00. The van der Waals surface area contributed by atoms with Gasteiger partial charge >= 0.3 is 5.88 Å². The highest BCUT2D eigenvalue weighted by molar-refractivity contribution is 5.88. The molecule has 3 aromatic rings. The van der Waals surface area contributed by atoms with Crippen LogP contribution < -0.4 is 18.8 Å². The molecule has 2 aromatic carbocycles. The number of hydrogen-bond acceptors (Lipinski definition) is 4. The molecule has 0 saturated heterocycles. The third-order valence-corrected chi connectivity index (χ3v) is 4.69. The lowest BCUT2D eigenvalue weighted by Crippen LogP contribution is -2.41. The zero-order chi connectivity index (χ0) is 17.4. The van der Waals surface area contributed by atoms with Gasteiger partial charge in [-0.3, -0.25) is 0 Å². The van der Waals surface area contributed by atoms with E-state index in [1.165, 1.54) is 22.2 Å². The van der Waals surface area contributed by atoms with Crippen LogP contribution in [0.2, 0.25) is 0 Å². The van der Waals surface area contributed by atoms with Crippen molar-refractivity contribution in [2.45, 2.75) is 13.0 Å². The van der Waals surface area contributed by atoms with Crippen LogP contribution in [0.1, 0.15) is 5.56 Å².